The number of alkyl halides is 3. The molecule has 140 valence electrons. The van der Waals surface area contributed by atoms with E-state index >= 15 is 0 Å². The highest BCUT2D eigenvalue weighted by Gasteiger charge is 2.31. The number of aliphatic imine (C=N–C) groups is 1. The molecular weight excluding hydrogens is 333 g/mol. The van der Waals surface area contributed by atoms with Gasteiger partial charge in [-0.1, -0.05) is 29.8 Å². The lowest BCUT2D eigenvalue weighted by molar-refractivity contribution is -0.157. The number of hydrogen-bond donors (Lipinski definition) is 1. The number of halogens is 3. The summed E-state index contributed by atoms with van der Waals surface area (Å²) in [5.74, 6) is -0.215. The summed E-state index contributed by atoms with van der Waals surface area (Å²) in [6, 6.07) is 8.00. The smallest absolute Gasteiger partial charge is 0.357 e. The quantitative estimate of drug-likeness (QED) is 0.628. The minimum absolute atomic E-state index is 0.340. The summed E-state index contributed by atoms with van der Waals surface area (Å²) in [5.41, 5.74) is 2.23. The molecule has 0 radical (unpaired) electrons. The van der Waals surface area contributed by atoms with Gasteiger partial charge in [0.15, 0.2) is 5.96 Å². The maximum Gasteiger partial charge on any atom is 0.406 e. The fraction of sp³-hybridized carbons (Fsp3) is 0.529. The Balaban J connectivity index is 2.71. The highest BCUT2D eigenvalue weighted by Crippen LogP contribution is 2.15. The molecule has 0 unspecified atom stereocenters. The second-order valence-electron chi connectivity index (χ2n) is 5.88. The molecule has 25 heavy (non-hydrogen) atoms. The van der Waals surface area contributed by atoms with Crippen molar-refractivity contribution < 1.29 is 18.0 Å². The van der Waals surface area contributed by atoms with Crippen molar-refractivity contribution >= 4 is 11.9 Å². The average Bonchev–Trinajstić information content (AvgIpc) is 2.51. The van der Waals surface area contributed by atoms with Crippen LogP contribution in [0.5, 0.6) is 0 Å². The standard InChI is InChI=1S/C17H25F3N4O/c1-5-21-16(22-10-15(25)24(4)12-17(18,19)20)23(3)11-14-8-6-13(2)7-9-14/h6-9H,5,10-12H2,1-4H3,(H,21,22). The van der Waals surface area contributed by atoms with Crippen LogP contribution in [0.15, 0.2) is 29.3 Å². The summed E-state index contributed by atoms with van der Waals surface area (Å²) >= 11 is 0. The van der Waals surface area contributed by atoms with Crippen LogP contribution in [0.2, 0.25) is 0 Å². The maximum atomic E-state index is 12.3. The van der Waals surface area contributed by atoms with E-state index in [2.05, 4.69) is 10.3 Å². The number of guanidine groups is 1. The van der Waals surface area contributed by atoms with Crippen LogP contribution in [0.3, 0.4) is 0 Å². The molecule has 1 rings (SSSR count). The number of amides is 1. The first-order chi connectivity index (χ1) is 11.6. The molecule has 0 aliphatic heterocycles. The predicted octanol–water partition coefficient (Wildman–Crippen LogP) is 2.41. The third-order valence-corrected chi connectivity index (χ3v) is 3.44. The summed E-state index contributed by atoms with van der Waals surface area (Å²) in [7, 11) is 2.93. The summed E-state index contributed by atoms with van der Waals surface area (Å²) in [5, 5.41) is 3.04. The summed E-state index contributed by atoms with van der Waals surface area (Å²) < 4.78 is 37.0. The van der Waals surface area contributed by atoms with Crippen molar-refractivity contribution in [3.63, 3.8) is 0 Å². The van der Waals surface area contributed by atoms with Crippen molar-refractivity contribution in [3.05, 3.63) is 35.4 Å². The fourth-order valence-electron chi connectivity index (χ4n) is 2.13. The molecule has 1 amide bonds. The lowest BCUT2D eigenvalue weighted by Gasteiger charge is -2.23. The maximum absolute atomic E-state index is 12.3. The van der Waals surface area contributed by atoms with E-state index in [0.29, 0.717) is 23.9 Å². The molecule has 0 spiro atoms. The largest absolute Gasteiger partial charge is 0.406 e. The van der Waals surface area contributed by atoms with Crippen LogP contribution in [0.1, 0.15) is 18.1 Å². The number of carbonyl (C=O) groups is 1. The SMILES string of the molecule is CCNC(=NCC(=O)N(C)CC(F)(F)F)N(C)Cc1ccc(C)cc1. The monoisotopic (exact) mass is 358 g/mol. The molecule has 0 atom stereocenters. The Hall–Kier alpha value is -2.25. The van der Waals surface area contributed by atoms with Gasteiger partial charge in [0, 0.05) is 27.2 Å². The lowest BCUT2D eigenvalue weighted by atomic mass is 10.1. The minimum atomic E-state index is -4.42. The Morgan fingerprint density at radius 1 is 1.16 bits per heavy atom. The predicted molar refractivity (Wildman–Crippen MR) is 92.3 cm³/mol. The molecule has 0 heterocycles. The van der Waals surface area contributed by atoms with Crippen molar-refractivity contribution in [1.82, 2.24) is 15.1 Å². The molecule has 1 N–H and O–H groups in total. The first kappa shape index (κ1) is 20.8. The molecular formula is C17H25F3N4O. The van der Waals surface area contributed by atoms with E-state index in [1.165, 1.54) is 0 Å². The van der Waals surface area contributed by atoms with Gasteiger partial charge in [-0.05, 0) is 19.4 Å². The van der Waals surface area contributed by atoms with Gasteiger partial charge in [-0.15, -0.1) is 0 Å². The van der Waals surface area contributed by atoms with E-state index in [9.17, 15) is 18.0 Å². The molecule has 1 aromatic rings. The Morgan fingerprint density at radius 2 is 1.76 bits per heavy atom. The van der Waals surface area contributed by atoms with E-state index in [1.54, 1.807) is 0 Å². The van der Waals surface area contributed by atoms with Crippen LogP contribution >= 0.6 is 0 Å². The Bertz CT molecular complexity index is 585. The average molecular weight is 358 g/mol. The normalized spacial score (nSPS) is 12.0. The zero-order valence-electron chi connectivity index (χ0n) is 15.0. The van der Waals surface area contributed by atoms with E-state index in [1.807, 2.05) is 50.1 Å². The molecule has 0 saturated carbocycles. The summed E-state index contributed by atoms with van der Waals surface area (Å²) in [6.07, 6.45) is -4.42. The van der Waals surface area contributed by atoms with Gasteiger partial charge in [-0.2, -0.15) is 13.2 Å². The van der Waals surface area contributed by atoms with Crippen molar-refractivity contribution in [1.29, 1.82) is 0 Å². The van der Waals surface area contributed by atoms with Gasteiger partial charge in [-0.25, -0.2) is 4.99 Å². The van der Waals surface area contributed by atoms with Crippen molar-refractivity contribution in [2.24, 2.45) is 4.99 Å². The van der Waals surface area contributed by atoms with Gasteiger partial charge >= 0.3 is 6.18 Å². The number of carbonyl (C=O) groups excluding carboxylic acids is 1. The number of rotatable bonds is 6. The highest BCUT2D eigenvalue weighted by atomic mass is 19.4. The third-order valence-electron chi connectivity index (χ3n) is 3.44. The number of benzene rings is 1. The molecule has 0 aliphatic carbocycles. The zero-order valence-corrected chi connectivity index (χ0v) is 15.0. The Kier molecular flexibility index (Phi) is 7.73. The Labute approximate surface area is 146 Å². The molecule has 0 bridgehead atoms. The van der Waals surface area contributed by atoms with Crippen LogP contribution in [0.25, 0.3) is 0 Å². The lowest BCUT2D eigenvalue weighted by Crippen LogP contribution is -2.41. The second kappa shape index (κ2) is 9.29. The van der Waals surface area contributed by atoms with Crippen LogP contribution in [0, 0.1) is 6.92 Å². The van der Waals surface area contributed by atoms with Gasteiger partial charge in [0.2, 0.25) is 5.91 Å². The van der Waals surface area contributed by atoms with Crippen LogP contribution in [-0.2, 0) is 11.3 Å². The molecule has 0 aromatic heterocycles. The number of nitrogens with zero attached hydrogens (tertiary/aromatic N) is 3. The van der Waals surface area contributed by atoms with Crippen LogP contribution in [-0.4, -0.2) is 61.6 Å². The van der Waals surface area contributed by atoms with Gasteiger partial charge in [0.25, 0.3) is 0 Å². The van der Waals surface area contributed by atoms with Crippen LogP contribution in [0.4, 0.5) is 13.2 Å². The van der Waals surface area contributed by atoms with E-state index in [4.69, 9.17) is 0 Å². The molecule has 8 heteroatoms. The fourth-order valence-corrected chi connectivity index (χ4v) is 2.13. The van der Waals surface area contributed by atoms with Crippen molar-refractivity contribution in [2.45, 2.75) is 26.6 Å². The topological polar surface area (TPSA) is 47.9 Å². The van der Waals surface area contributed by atoms with Crippen LogP contribution < -0.4 is 5.32 Å². The molecule has 0 aliphatic rings. The summed E-state index contributed by atoms with van der Waals surface area (Å²) in [4.78, 5) is 18.4. The highest BCUT2D eigenvalue weighted by molar-refractivity contribution is 5.84. The molecule has 0 fully saturated rings. The zero-order chi connectivity index (χ0) is 19.0. The van der Waals surface area contributed by atoms with E-state index < -0.39 is 18.6 Å². The van der Waals surface area contributed by atoms with Crippen molar-refractivity contribution in [3.8, 4) is 0 Å². The first-order valence-electron chi connectivity index (χ1n) is 7.98. The second-order valence-corrected chi connectivity index (χ2v) is 5.88. The number of hydrogen-bond acceptors (Lipinski definition) is 2. The van der Waals surface area contributed by atoms with Gasteiger partial charge in [0.05, 0.1) is 0 Å². The third kappa shape index (κ3) is 7.91. The summed E-state index contributed by atoms with van der Waals surface area (Å²) in [6.45, 7) is 3.42. The van der Waals surface area contributed by atoms with Gasteiger partial charge < -0.3 is 15.1 Å². The number of nitrogens with one attached hydrogen (secondary N) is 1. The molecule has 1 aromatic carbocycles. The van der Waals surface area contributed by atoms with Crippen molar-refractivity contribution in [2.75, 3.05) is 33.7 Å². The number of aryl methyl sites for hydroxylation is 1. The Morgan fingerprint density at radius 3 is 2.28 bits per heavy atom. The molecule has 0 saturated heterocycles. The van der Waals surface area contributed by atoms with Gasteiger partial charge in [0.1, 0.15) is 13.1 Å². The first-order valence-corrected chi connectivity index (χ1v) is 7.98. The van der Waals surface area contributed by atoms with E-state index in [-0.39, 0.29) is 6.54 Å². The van der Waals surface area contributed by atoms with Gasteiger partial charge in [-0.3, -0.25) is 4.79 Å². The molecule has 5 nitrogen and oxygen atoms in total. The minimum Gasteiger partial charge on any atom is -0.357 e. The van der Waals surface area contributed by atoms with E-state index in [0.717, 1.165) is 18.2 Å². The number of likely N-dealkylation sites (N-methyl/N-ethyl adjacent to an activating group) is 1.